The van der Waals surface area contributed by atoms with E-state index in [0.717, 1.165) is 6.07 Å². The Bertz CT molecular complexity index is 1530. The maximum absolute atomic E-state index is 13.9. The van der Waals surface area contributed by atoms with Gasteiger partial charge in [0.15, 0.2) is 5.76 Å². The molecular weight excluding hydrogens is 461 g/mol. The second-order valence-corrected chi connectivity index (χ2v) is 9.10. The first kappa shape index (κ1) is 23.0. The molecule has 4 rings (SSSR count). The third-order valence-corrected chi connectivity index (χ3v) is 6.47. The molecule has 0 saturated heterocycles. The van der Waals surface area contributed by atoms with Gasteiger partial charge in [-0.3, -0.25) is 14.3 Å². The third-order valence-electron chi connectivity index (χ3n) is 4.96. The Hall–Kier alpha value is -4.18. The molecule has 0 radical (unpaired) electrons. The van der Waals surface area contributed by atoms with Crippen LogP contribution in [0.15, 0.2) is 93.1 Å². The maximum Gasteiger partial charge on any atom is 0.291 e. The first-order valence-corrected chi connectivity index (χ1v) is 11.6. The number of amides is 1. The highest BCUT2D eigenvalue weighted by atomic mass is 32.2. The number of anilines is 2. The largest absolute Gasteiger partial charge is 0.454 e. The molecular formula is C24H20FN3O5S. The minimum Gasteiger partial charge on any atom is -0.454 e. The van der Waals surface area contributed by atoms with E-state index in [1.807, 2.05) is 0 Å². The number of aromatic nitrogens is 1. The first-order chi connectivity index (χ1) is 16.2. The van der Waals surface area contributed by atoms with Gasteiger partial charge in [-0.2, -0.15) is 0 Å². The number of nitrogens with zero attached hydrogens (tertiary/aromatic N) is 1. The number of nitrogens with one attached hydrogen (secondary N) is 2. The minimum atomic E-state index is -4.12. The topological polar surface area (TPSA) is 110 Å². The molecule has 0 aliphatic rings. The smallest absolute Gasteiger partial charge is 0.291 e. The van der Waals surface area contributed by atoms with E-state index in [-0.39, 0.29) is 34.1 Å². The molecule has 4 aromatic rings. The summed E-state index contributed by atoms with van der Waals surface area (Å²) in [4.78, 5) is 24.4. The number of halogens is 1. The molecule has 0 saturated carbocycles. The van der Waals surface area contributed by atoms with Crippen LogP contribution >= 0.6 is 0 Å². The molecule has 1 amide bonds. The number of pyridine rings is 1. The highest BCUT2D eigenvalue weighted by Crippen LogP contribution is 2.24. The van der Waals surface area contributed by atoms with Crippen molar-refractivity contribution >= 4 is 27.3 Å². The van der Waals surface area contributed by atoms with E-state index in [9.17, 15) is 22.4 Å². The molecule has 174 valence electrons. The summed E-state index contributed by atoms with van der Waals surface area (Å²) >= 11 is 0. The normalized spacial score (nSPS) is 11.2. The van der Waals surface area contributed by atoms with Gasteiger partial charge in [-0.1, -0.05) is 24.3 Å². The predicted octanol–water partition coefficient (Wildman–Crippen LogP) is 3.99. The molecule has 0 bridgehead atoms. The molecule has 34 heavy (non-hydrogen) atoms. The summed E-state index contributed by atoms with van der Waals surface area (Å²) in [5, 5.41) is 2.59. The van der Waals surface area contributed by atoms with Gasteiger partial charge in [0.2, 0.25) is 0 Å². The van der Waals surface area contributed by atoms with Crippen LogP contribution in [0.3, 0.4) is 0 Å². The summed E-state index contributed by atoms with van der Waals surface area (Å²) in [5.41, 5.74) is 0.233. The highest BCUT2D eigenvalue weighted by Gasteiger charge is 2.20. The molecule has 2 aromatic heterocycles. The van der Waals surface area contributed by atoms with Crippen molar-refractivity contribution in [3.05, 3.63) is 112 Å². The van der Waals surface area contributed by atoms with Gasteiger partial charge in [0.1, 0.15) is 11.6 Å². The average Bonchev–Trinajstić information content (AvgIpc) is 3.27. The zero-order chi connectivity index (χ0) is 24.3. The summed E-state index contributed by atoms with van der Waals surface area (Å²) in [6.07, 6.45) is 1.61. The fourth-order valence-electron chi connectivity index (χ4n) is 3.25. The lowest BCUT2D eigenvalue weighted by Gasteiger charge is -2.13. The summed E-state index contributed by atoms with van der Waals surface area (Å²) in [6, 6.07) is 17.6. The number of hydrogen-bond acceptors (Lipinski definition) is 5. The number of furan rings is 1. The van der Waals surface area contributed by atoms with E-state index in [1.54, 1.807) is 37.4 Å². The van der Waals surface area contributed by atoms with Crippen LogP contribution in [0.25, 0.3) is 0 Å². The summed E-state index contributed by atoms with van der Waals surface area (Å²) < 4.78 is 48.8. The Labute approximate surface area is 194 Å². The van der Waals surface area contributed by atoms with E-state index in [4.69, 9.17) is 4.42 Å². The van der Waals surface area contributed by atoms with Crippen LogP contribution in [0, 0.1) is 12.7 Å². The average molecular weight is 482 g/mol. The zero-order valence-electron chi connectivity index (χ0n) is 18.0. The molecule has 0 atom stereocenters. The van der Waals surface area contributed by atoms with Crippen molar-refractivity contribution in [1.82, 2.24) is 4.57 Å². The van der Waals surface area contributed by atoms with Crippen LogP contribution in [-0.4, -0.2) is 18.9 Å². The highest BCUT2D eigenvalue weighted by molar-refractivity contribution is 7.92. The third kappa shape index (κ3) is 5.07. The standard InChI is InChI=1S/C24H20FN3O5S/c1-16-9-10-17(14-22(16)34(31,32)27-20-7-3-2-6-19(20)25)26-24(30)21-12-11-18(33-21)15-28-13-5-4-8-23(28)29/h2-14,27H,15H2,1H3,(H,26,30). The molecule has 2 aromatic carbocycles. The van der Waals surface area contributed by atoms with Crippen LogP contribution in [0.2, 0.25) is 0 Å². The van der Waals surface area contributed by atoms with Gasteiger partial charge in [-0.05, 0) is 55.0 Å². The van der Waals surface area contributed by atoms with E-state index < -0.39 is 21.7 Å². The molecule has 0 unspecified atom stereocenters. The number of rotatable bonds is 7. The predicted molar refractivity (Wildman–Crippen MR) is 125 cm³/mol. The summed E-state index contributed by atoms with van der Waals surface area (Å²) in [5.74, 6) is -0.909. The molecule has 2 N–H and O–H groups in total. The number of benzene rings is 2. The van der Waals surface area contributed by atoms with Crippen molar-refractivity contribution in [3.63, 3.8) is 0 Å². The number of hydrogen-bond donors (Lipinski definition) is 2. The summed E-state index contributed by atoms with van der Waals surface area (Å²) in [7, 11) is -4.12. The van der Waals surface area contributed by atoms with Crippen LogP contribution < -0.4 is 15.6 Å². The van der Waals surface area contributed by atoms with Gasteiger partial charge in [0, 0.05) is 18.0 Å². The lowest BCUT2D eigenvalue weighted by atomic mass is 10.2. The van der Waals surface area contributed by atoms with Crippen molar-refractivity contribution in [2.75, 3.05) is 10.0 Å². The molecule has 0 fully saturated rings. The number of carbonyl (C=O) groups excluding carboxylic acids is 1. The van der Waals surface area contributed by atoms with E-state index in [0.29, 0.717) is 11.3 Å². The van der Waals surface area contributed by atoms with Crippen molar-refractivity contribution in [3.8, 4) is 0 Å². The Morgan fingerprint density at radius 2 is 1.79 bits per heavy atom. The lowest BCUT2D eigenvalue weighted by Crippen LogP contribution is -2.18. The molecule has 0 aliphatic heterocycles. The lowest BCUT2D eigenvalue weighted by molar-refractivity contribution is 0.0994. The first-order valence-electron chi connectivity index (χ1n) is 10.2. The fraction of sp³-hybridized carbons (Fsp3) is 0.0833. The van der Waals surface area contributed by atoms with Crippen LogP contribution in [0.4, 0.5) is 15.8 Å². The monoisotopic (exact) mass is 481 g/mol. The number of sulfonamides is 1. The van der Waals surface area contributed by atoms with Gasteiger partial charge < -0.3 is 14.3 Å². The van der Waals surface area contributed by atoms with Crippen LogP contribution in [0.5, 0.6) is 0 Å². The second-order valence-electron chi connectivity index (χ2n) is 7.45. The molecule has 2 heterocycles. The molecule has 0 spiro atoms. The summed E-state index contributed by atoms with van der Waals surface area (Å²) in [6.45, 7) is 1.74. The molecule has 8 nitrogen and oxygen atoms in total. The maximum atomic E-state index is 13.9. The Kier molecular flexibility index (Phi) is 6.33. The SMILES string of the molecule is Cc1ccc(NC(=O)c2ccc(Cn3ccccc3=O)o2)cc1S(=O)(=O)Nc1ccccc1F. The van der Waals surface area contributed by atoms with Crippen molar-refractivity contribution in [2.45, 2.75) is 18.4 Å². The molecule has 0 aliphatic carbocycles. The van der Waals surface area contributed by atoms with Gasteiger partial charge in [-0.25, -0.2) is 12.8 Å². The fourth-order valence-corrected chi connectivity index (χ4v) is 4.59. The van der Waals surface area contributed by atoms with Gasteiger partial charge >= 0.3 is 0 Å². The van der Waals surface area contributed by atoms with Crippen LogP contribution in [0.1, 0.15) is 21.9 Å². The van der Waals surface area contributed by atoms with Gasteiger partial charge in [0.25, 0.3) is 21.5 Å². The van der Waals surface area contributed by atoms with Gasteiger partial charge in [-0.15, -0.1) is 0 Å². The number of carbonyl (C=O) groups is 1. The number of para-hydroxylation sites is 1. The van der Waals surface area contributed by atoms with Gasteiger partial charge in [0.05, 0.1) is 17.1 Å². The Morgan fingerprint density at radius 1 is 1.03 bits per heavy atom. The minimum absolute atomic E-state index is 0.00607. The zero-order valence-corrected chi connectivity index (χ0v) is 18.8. The van der Waals surface area contributed by atoms with Crippen molar-refractivity contribution < 1.29 is 22.0 Å². The van der Waals surface area contributed by atoms with E-state index in [2.05, 4.69) is 10.0 Å². The van der Waals surface area contributed by atoms with Crippen molar-refractivity contribution in [2.24, 2.45) is 0 Å². The van der Waals surface area contributed by atoms with Crippen LogP contribution in [-0.2, 0) is 16.6 Å². The van der Waals surface area contributed by atoms with E-state index in [1.165, 1.54) is 47.0 Å². The molecule has 10 heteroatoms. The Morgan fingerprint density at radius 3 is 2.56 bits per heavy atom. The van der Waals surface area contributed by atoms with Crippen molar-refractivity contribution in [1.29, 1.82) is 0 Å². The van der Waals surface area contributed by atoms with E-state index >= 15 is 0 Å². The quantitative estimate of drug-likeness (QED) is 0.415. The number of aryl methyl sites for hydroxylation is 1. The Balaban J connectivity index is 1.52. The second kappa shape index (κ2) is 9.36.